The number of hydrazone groups is 1. The predicted octanol–water partition coefficient (Wildman–Crippen LogP) is 4.43. The Morgan fingerprint density at radius 3 is 2.48 bits per heavy atom. The molecular formula is C24H20BrClN3O2+. The number of aryl methyl sites for hydroxylation is 1. The smallest absolute Gasteiger partial charge is 0.304 e. The highest BCUT2D eigenvalue weighted by Crippen LogP contribution is 2.27. The maximum atomic E-state index is 12.9. The Morgan fingerprint density at radius 2 is 1.81 bits per heavy atom. The first kappa shape index (κ1) is 21.3. The number of hydrogen-bond acceptors (Lipinski definition) is 2. The second-order valence-electron chi connectivity index (χ2n) is 7.38. The van der Waals surface area contributed by atoms with Crippen LogP contribution < -0.4 is 10.7 Å². The summed E-state index contributed by atoms with van der Waals surface area (Å²) in [5, 5.41) is 3.51. The van der Waals surface area contributed by atoms with E-state index in [-0.39, 0.29) is 11.8 Å². The molecule has 156 valence electrons. The highest BCUT2D eigenvalue weighted by molar-refractivity contribution is 9.10. The van der Waals surface area contributed by atoms with Gasteiger partial charge in [-0.25, -0.2) is 0 Å². The van der Waals surface area contributed by atoms with Crippen molar-refractivity contribution >= 4 is 45.6 Å². The first-order valence-corrected chi connectivity index (χ1v) is 10.9. The molecular weight excluding hydrogens is 478 g/mol. The molecule has 2 atom stereocenters. The number of amides is 2. The molecule has 2 amide bonds. The third-order valence-corrected chi connectivity index (χ3v) is 5.85. The van der Waals surface area contributed by atoms with Crippen LogP contribution in [0.15, 0.2) is 77.3 Å². The van der Waals surface area contributed by atoms with Crippen LogP contribution >= 0.6 is 27.5 Å². The zero-order valence-electron chi connectivity index (χ0n) is 16.7. The van der Waals surface area contributed by atoms with Crippen LogP contribution in [0.1, 0.15) is 33.1 Å². The lowest BCUT2D eigenvalue weighted by atomic mass is 9.99. The Labute approximate surface area is 193 Å². The van der Waals surface area contributed by atoms with Crippen LogP contribution in [0.5, 0.6) is 0 Å². The molecule has 0 spiro atoms. The third kappa shape index (κ3) is 4.86. The van der Waals surface area contributed by atoms with Gasteiger partial charge in [0.2, 0.25) is 12.3 Å². The van der Waals surface area contributed by atoms with Crippen LogP contribution in [0.4, 0.5) is 0 Å². The molecule has 1 aliphatic heterocycles. The number of nitrogens with one attached hydrogen (secondary N) is 2. The maximum absolute atomic E-state index is 12.9. The zero-order chi connectivity index (χ0) is 22.0. The van der Waals surface area contributed by atoms with E-state index < -0.39 is 12.1 Å². The van der Waals surface area contributed by atoms with Crippen LogP contribution in [0.3, 0.4) is 0 Å². The lowest BCUT2D eigenvalue weighted by Gasteiger charge is -2.15. The molecule has 2 N–H and O–H groups in total. The van der Waals surface area contributed by atoms with E-state index in [2.05, 4.69) is 26.7 Å². The monoisotopic (exact) mass is 496 g/mol. The molecule has 0 aromatic heterocycles. The molecule has 1 heterocycles. The number of hydrogen-bond donors (Lipinski definition) is 2. The van der Waals surface area contributed by atoms with Crippen LogP contribution in [-0.4, -0.2) is 28.8 Å². The van der Waals surface area contributed by atoms with Gasteiger partial charge in [-0.1, -0.05) is 57.4 Å². The summed E-state index contributed by atoms with van der Waals surface area (Å²) in [6.07, 6.45) is 1.85. The van der Waals surface area contributed by atoms with Gasteiger partial charge in [0, 0.05) is 26.2 Å². The van der Waals surface area contributed by atoms with Crippen molar-refractivity contribution < 1.29 is 14.3 Å². The predicted molar refractivity (Wildman–Crippen MR) is 124 cm³/mol. The molecule has 31 heavy (non-hydrogen) atoms. The molecule has 1 aliphatic rings. The molecule has 3 aromatic rings. The van der Waals surface area contributed by atoms with Crippen LogP contribution in [-0.2, 0) is 4.79 Å². The highest BCUT2D eigenvalue weighted by atomic mass is 79.9. The van der Waals surface area contributed by atoms with Crippen molar-refractivity contribution in [3.05, 3.63) is 105 Å². The van der Waals surface area contributed by atoms with E-state index in [9.17, 15) is 9.59 Å². The largest absolute Gasteiger partial charge is 0.334 e. The molecule has 4 rings (SSSR count). The molecule has 0 unspecified atom stereocenters. The summed E-state index contributed by atoms with van der Waals surface area (Å²) in [5.41, 5.74) is 6.13. The van der Waals surface area contributed by atoms with Crippen molar-refractivity contribution in [2.45, 2.75) is 19.0 Å². The zero-order valence-corrected chi connectivity index (χ0v) is 19.0. The van der Waals surface area contributed by atoms with Crippen molar-refractivity contribution in [1.29, 1.82) is 0 Å². The first-order chi connectivity index (χ1) is 14.9. The normalized spacial score (nSPS) is 19.3. The molecule has 5 nitrogen and oxygen atoms in total. The van der Waals surface area contributed by atoms with E-state index in [0.29, 0.717) is 10.6 Å². The highest BCUT2D eigenvalue weighted by Gasteiger charge is 2.47. The summed E-state index contributed by atoms with van der Waals surface area (Å²) in [5.74, 6) is -0.581. The molecule has 7 heteroatoms. The van der Waals surface area contributed by atoms with Crippen molar-refractivity contribution in [3.8, 4) is 0 Å². The fourth-order valence-corrected chi connectivity index (χ4v) is 3.95. The van der Waals surface area contributed by atoms with Crippen LogP contribution in [0.25, 0.3) is 0 Å². The molecule has 0 bridgehead atoms. The van der Waals surface area contributed by atoms with Crippen LogP contribution in [0, 0.1) is 6.92 Å². The quantitative estimate of drug-likeness (QED) is 0.524. The Hall–Kier alpha value is -2.96. The van der Waals surface area contributed by atoms with Gasteiger partial charge in [0.1, 0.15) is 0 Å². The minimum atomic E-state index is -0.777. The van der Waals surface area contributed by atoms with Gasteiger partial charge in [0.15, 0.2) is 6.04 Å². The summed E-state index contributed by atoms with van der Waals surface area (Å²) in [7, 11) is 0. The van der Waals surface area contributed by atoms with Gasteiger partial charge >= 0.3 is 5.91 Å². The molecule has 0 aliphatic carbocycles. The molecule has 0 saturated carbocycles. The average molecular weight is 498 g/mol. The van der Waals surface area contributed by atoms with E-state index >= 15 is 0 Å². The second kappa shape index (κ2) is 9.04. The van der Waals surface area contributed by atoms with Crippen LogP contribution in [0.2, 0.25) is 5.02 Å². The number of halogens is 2. The number of rotatable bonds is 4. The fourth-order valence-electron chi connectivity index (χ4n) is 3.56. The topological polar surface area (TPSA) is 61.2 Å². The summed E-state index contributed by atoms with van der Waals surface area (Å²) >= 11 is 9.50. The third-order valence-electron chi connectivity index (χ3n) is 5.07. The Morgan fingerprint density at radius 1 is 1.10 bits per heavy atom. The molecule has 0 radical (unpaired) electrons. The fraction of sp³-hybridized carbons (Fsp3) is 0.125. The van der Waals surface area contributed by atoms with Gasteiger partial charge in [-0.2, -0.15) is 0 Å². The number of carbonyl (C=O) groups excluding carboxylic acids is 2. The van der Waals surface area contributed by atoms with Crippen molar-refractivity contribution in [1.82, 2.24) is 10.7 Å². The lowest BCUT2D eigenvalue weighted by molar-refractivity contribution is -0.596. The van der Waals surface area contributed by atoms with Gasteiger partial charge in [-0.3, -0.25) is 9.59 Å². The average Bonchev–Trinajstić information content (AvgIpc) is 3.05. The standard InChI is InChI=1S/C24H19BrClN3O2/c1-15-3-2-4-18(13-15)23(30)27-21-22(17-7-11-20(26)12-8-17)29(28-24(21)31)14-16-5-9-19(25)10-6-16/h2-14,21-22H,1H3,(H-,27,28,30,31)/p+1/b29-14-/t21-,22-/m1/s1. The second-order valence-corrected chi connectivity index (χ2v) is 8.73. The number of benzene rings is 3. The summed E-state index contributed by atoms with van der Waals surface area (Å²) in [4.78, 5) is 25.8. The Bertz CT molecular complexity index is 1160. The Kier molecular flexibility index (Phi) is 6.20. The summed E-state index contributed by atoms with van der Waals surface area (Å²) in [6.45, 7) is 1.92. The SMILES string of the molecule is Cc1cccc(C(=O)N[C@H]2C(=O)N/[N+](=C\c3ccc(Br)cc3)[C@@H]2c2ccc(Cl)cc2)c1. The molecule has 1 saturated heterocycles. The number of carbonyl (C=O) groups is 2. The Balaban J connectivity index is 1.70. The van der Waals surface area contributed by atoms with Gasteiger partial charge in [0.25, 0.3) is 5.91 Å². The van der Waals surface area contributed by atoms with Crippen molar-refractivity contribution in [2.75, 3.05) is 0 Å². The lowest BCUT2D eigenvalue weighted by Crippen LogP contribution is -2.42. The van der Waals surface area contributed by atoms with E-state index in [1.807, 2.05) is 61.7 Å². The first-order valence-electron chi connectivity index (χ1n) is 9.73. The summed E-state index contributed by atoms with van der Waals surface area (Å²) < 4.78 is 2.70. The molecule has 1 fully saturated rings. The minimum Gasteiger partial charge on any atom is -0.334 e. The van der Waals surface area contributed by atoms with E-state index in [1.165, 1.54) is 0 Å². The van der Waals surface area contributed by atoms with Gasteiger partial charge < -0.3 is 5.32 Å². The van der Waals surface area contributed by atoms with Crippen molar-refractivity contribution in [3.63, 3.8) is 0 Å². The van der Waals surface area contributed by atoms with Gasteiger partial charge in [-0.15, -0.1) is 10.1 Å². The number of hydrazine groups is 1. The minimum absolute atomic E-state index is 0.283. The van der Waals surface area contributed by atoms with E-state index in [1.54, 1.807) is 28.9 Å². The summed E-state index contributed by atoms with van der Waals surface area (Å²) in [6, 6.07) is 21.1. The van der Waals surface area contributed by atoms with Gasteiger partial charge in [-0.05, 0) is 55.5 Å². The maximum Gasteiger partial charge on any atom is 0.304 e. The van der Waals surface area contributed by atoms with E-state index in [0.717, 1.165) is 21.2 Å². The van der Waals surface area contributed by atoms with Gasteiger partial charge in [0.05, 0.1) is 0 Å². The number of nitrogens with zero attached hydrogens (tertiary/aromatic N) is 1. The van der Waals surface area contributed by atoms with Crippen molar-refractivity contribution in [2.24, 2.45) is 0 Å². The van der Waals surface area contributed by atoms with E-state index in [4.69, 9.17) is 11.6 Å². The molecule has 3 aromatic carbocycles.